The maximum absolute atomic E-state index is 13.6. The average Bonchev–Trinajstić information content (AvgIpc) is 2.81. The number of hydrogen-bond donors (Lipinski definition) is 0. The molecule has 0 amide bonds. The predicted molar refractivity (Wildman–Crippen MR) is 88.5 cm³/mol. The van der Waals surface area contributed by atoms with E-state index in [9.17, 15) is 4.39 Å². The van der Waals surface area contributed by atoms with Gasteiger partial charge in [0, 0.05) is 11.3 Å². The van der Waals surface area contributed by atoms with Crippen LogP contribution in [0.5, 0.6) is 0 Å². The molecule has 0 spiro atoms. The lowest BCUT2D eigenvalue weighted by Gasteiger charge is -2.10. The molecule has 0 bridgehead atoms. The molecule has 5 heteroatoms. The molecule has 0 N–H and O–H groups in total. The fourth-order valence-corrected chi connectivity index (χ4v) is 3.26. The van der Waals surface area contributed by atoms with Gasteiger partial charge in [-0.2, -0.15) is 5.10 Å². The number of rotatable bonds is 5. The largest absolute Gasteiger partial charge is 0.265 e. The molecule has 0 fully saturated rings. The van der Waals surface area contributed by atoms with Crippen molar-refractivity contribution in [3.63, 3.8) is 0 Å². The van der Waals surface area contributed by atoms with Crippen LogP contribution in [0.15, 0.2) is 22.7 Å². The van der Waals surface area contributed by atoms with Gasteiger partial charge in [-0.15, -0.1) is 11.6 Å². The first-order valence-corrected chi connectivity index (χ1v) is 8.37. The van der Waals surface area contributed by atoms with Crippen molar-refractivity contribution in [2.75, 3.05) is 0 Å². The maximum Gasteiger partial charge on any atom is 0.137 e. The van der Waals surface area contributed by atoms with Gasteiger partial charge in [0.15, 0.2) is 0 Å². The van der Waals surface area contributed by atoms with Gasteiger partial charge in [-0.1, -0.05) is 26.0 Å². The summed E-state index contributed by atoms with van der Waals surface area (Å²) in [6.45, 7) is 6.68. The summed E-state index contributed by atoms with van der Waals surface area (Å²) in [6.07, 6.45) is 1.70. The van der Waals surface area contributed by atoms with E-state index < -0.39 is 0 Å². The zero-order chi connectivity index (χ0) is 15.6. The Balaban J connectivity index is 2.47. The highest BCUT2D eigenvalue weighted by Crippen LogP contribution is 2.29. The molecule has 0 aliphatic heterocycles. The fourth-order valence-electron chi connectivity index (χ4n) is 2.62. The number of halogens is 3. The predicted octanol–water partition coefficient (Wildman–Crippen LogP) is 5.26. The van der Waals surface area contributed by atoms with Crippen molar-refractivity contribution in [2.45, 2.75) is 45.5 Å². The number of aryl methyl sites for hydroxylation is 1. The molecular formula is C16H19BrClFN2. The maximum atomic E-state index is 13.6. The highest BCUT2D eigenvalue weighted by molar-refractivity contribution is 9.10. The second-order valence-corrected chi connectivity index (χ2v) is 6.45. The van der Waals surface area contributed by atoms with Gasteiger partial charge in [-0.25, -0.2) is 4.39 Å². The van der Waals surface area contributed by atoms with Gasteiger partial charge in [-0.05, 0) is 47.3 Å². The molecule has 0 aliphatic carbocycles. The van der Waals surface area contributed by atoms with E-state index in [1.54, 1.807) is 6.07 Å². The SMILES string of the molecule is CCc1nn(Cc2cccc(F)c2Br)c(CC)c1C(C)Cl. The van der Waals surface area contributed by atoms with Crippen LogP contribution < -0.4 is 0 Å². The quantitative estimate of drug-likeness (QED) is 0.654. The summed E-state index contributed by atoms with van der Waals surface area (Å²) in [5, 5.41) is 4.61. The van der Waals surface area contributed by atoms with E-state index in [2.05, 4.69) is 34.9 Å². The summed E-state index contributed by atoms with van der Waals surface area (Å²) in [6, 6.07) is 5.07. The van der Waals surface area contributed by atoms with Gasteiger partial charge in [-0.3, -0.25) is 4.68 Å². The second-order valence-electron chi connectivity index (χ2n) is 5.00. The van der Waals surface area contributed by atoms with Crippen LogP contribution in [0.4, 0.5) is 4.39 Å². The van der Waals surface area contributed by atoms with Gasteiger partial charge in [0.1, 0.15) is 5.82 Å². The van der Waals surface area contributed by atoms with E-state index in [-0.39, 0.29) is 11.2 Å². The second kappa shape index (κ2) is 6.93. The third-order valence-corrected chi connectivity index (χ3v) is 4.70. The van der Waals surface area contributed by atoms with Gasteiger partial charge >= 0.3 is 0 Å². The lowest BCUT2D eigenvalue weighted by atomic mass is 10.1. The third-order valence-electron chi connectivity index (χ3n) is 3.59. The first kappa shape index (κ1) is 16.5. The summed E-state index contributed by atoms with van der Waals surface area (Å²) >= 11 is 9.63. The molecule has 1 aromatic heterocycles. The van der Waals surface area contributed by atoms with Crippen molar-refractivity contribution < 1.29 is 4.39 Å². The van der Waals surface area contributed by atoms with Gasteiger partial charge in [0.05, 0.1) is 22.1 Å². The van der Waals surface area contributed by atoms with Crippen LogP contribution in [-0.4, -0.2) is 9.78 Å². The Kier molecular flexibility index (Phi) is 5.44. The van der Waals surface area contributed by atoms with E-state index in [0.29, 0.717) is 11.0 Å². The lowest BCUT2D eigenvalue weighted by Crippen LogP contribution is -2.08. The van der Waals surface area contributed by atoms with E-state index >= 15 is 0 Å². The number of alkyl halides is 1. The Hall–Kier alpha value is -0.870. The molecule has 2 nitrogen and oxygen atoms in total. The number of benzene rings is 1. The minimum Gasteiger partial charge on any atom is -0.265 e. The summed E-state index contributed by atoms with van der Waals surface area (Å²) in [5.74, 6) is -0.251. The van der Waals surface area contributed by atoms with Gasteiger partial charge in [0.2, 0.25) is 0 Å². The van der Waals surface area contributed by atoms with Crippen LogP contribution in [0, 0.1) is 5.82 Å². The molecular weight excluding hydrogens is 355 g/mol. The summed E-state index contributed by atoms with van der Waals surface area (Å²) in [5.41, 5.74) is 4.16. The van der Waals surface area contributed by atoms with Crippen LogP contribution in [-0.2, 0) is 19.4 Å². The van der Waals surface area contributed by atoms with E-state index in [1.165, 1.54) is 6.07 Å². The van der Waals surface area contributed by atoms with Gasteiger partial charge in [0.25, 0.3) is 0 Å². The van der Waals surface area contributed by atoms with E-state index in [4.69, 9.17) is 11.6 Å². The summed E-state index contributed by atoms with van der Waals surface area (Å²) < 4.78 is 16.1. The zero-order valence-electron chi connectivity index (χ0n) is 12.5. The molecule has 0 aliphatic rings. The summed E-state index contributed by atoms with van der Waals surface area (Å²) in [4.78, 5) is 0. The first-order chi connectivity index (χ1) is 9.99. The topological polar surface area (TPSA) is 17.8 Å². The van der Waals surface area contributed by atoms with Crippen molar-refractivity contribution in [2.24, 2.45) is 0 Å². The third kappa shape index (κ3) is 3.32. The molecule has 2 aromatic rings. The number of nitrogens with zero attached hydrogens (tertiary/aromatic N) is 2. The van der Waals surface area contributed by atoms with Gasteiger partial charge < -0.3 is 0 Å². The minimum absolute atomic E-state index is 0.0698. The standard InChI is InChI=1S/C16H19BrClFN2/c1-4-13-15(10(3)18)14(5-2)21(20-13)9-11-7-6-8-12(19)16(11)17/h6-8,10H,4-5,9H2,1-3H3. The minimum atomic E-state index is -0.251. The Bertz CT molecular complexity index is 637. The lowest BCUT2D eigenvalue weighted by molar-refractivity contribution is 0.603. The molecule has 1 heterocycles. The van der Waals surface area contributed by atoms with Crippen molar-refractivity contribution in [1.29, 1.82) is 0 Å². The average molecular weight is 374 g/mol. The first-order valence-electron chi connectivity index (χ1n) is 7.14. The van der Waals surface area contributed by atoms with Crippen LogP contribution in [0.2, 0.25) is 0 Å². The normalized spacial score (nSPS) is 12.7. The highest BCUT2D eigenvalue weighted by Gasteiger charge is 2.20. The van der Waals surface area contributed by atoms with Crippen LogP contribution in [0.25, 0.3) is 0 Å². The molecule has 114 valence electrons. The van der Waals surface area contributed by atoms with Crippen molar-refractivity contribution in [3.8, 4) is 0 Å². The molecule has 2 rings (SSSR count). The molecule has 21 heavy (non-hydrogen) atoms. The number of hydrogen-bond acceptors (Lipinski definition) is 1. The molecule has 0 saturated carbocycles. The Labute approximate surface area is 138 Å². The van der Waals surface area contributed by atoms with E-state index in [0.717, 1.165) is 35.4 Å². The van der Waals surface area contributed by atoms with Crippen molar-refractivity contribution in [3.05, 3.63) is 51.0 Å². The van der Waals surface area contributed by atoms with Crippen LogP contribution >= 0.6 is 27.5 Å². The van der Waals surface area contributed by atoms with Crippen molar-refractivity contribution >= 4 is 27.5 Å². The highest BCUT2D eigenvalue weighted by atomic mass is 79.9. The zero-order valence-corrected chi connectivity index (χ0v) is 14.8. The molecule has 0 saturated heterocycles. The van der Waals surface area contributed by atoms with Crippen LogP contribution in [0.3, 0.4) is 0 Å². The fraction of sp³-hybridized carbons (Fsp3) is 0.438. The van der Waals surface area contributed by atoms with E-state index in [1.807, 2.05) is 17.7 Å². The van der Waals surface area contributed by atoms with Crippen LogP contribution in [0.1, 0.15) is 48.7 Å². The summed E-state index contributed by atoms with van der Waals surface area (Å²) in [7, 11) is 0. The molecule has 1 aromatic carbocycles. The Morgan fingerprint density at radius 2 is 2.05 bits per heavy atom. The number of aromatic nitrogens is 2. The molecule has 1 atom stereocenters. The Morgan fingerprint density at radius 3 is 2.62 bits per heavy atom. The Morgan fingerprint density at radius 1 is 1.33 bits per heavy atom. The monoisotopic (exact) mass is 372 g/mol. The molecule has 1 unspecified atom stereocenters. The molecule has 0 radical (unpaired) electrons. The van der Waals surface area contributed by atoms with Crippen molar-refractivity contribution in [1.82, 2.24) is 9.78 Å². The smallest absolute Gasteiger partial charge is 0.137 e.